The SMILES string of the molecule is O=C(Nc1ccc(F)cc1)c1cc(NCc2ccncc2)nc(-c2ccccc2)n1. The fourth-order valence-corrected chi connectivity index (χ4v) is 2.79. The molecule has 0 aliphatic carbocycles. The lowest BCUT2D eigenvalue weighted by atomic mass is 10.2. The fourth-order valence-electron chi connectivity index (χ4n) is 2.79. The third kappa shape index (κ3) is 4.82. The van der Waals surface area contributed by atoms with Gasteiger partial charge in [0.2, 0.25) is 0 Å². The number of carbonyl (C=O) groups excluding carboxylic acids is 1. The zero-order valence-electron chi connectivity index (χ0n) is 15.9. The summed E-state index contributed by atoms with van der Waals surface area (Å²) < 4.78 is 13.1. The average molecular weight is 399 g/mol. The molecule has 0 bridgehead atoms. The lowest BCUT2D eigenvalue weighted by Crippen LogP contribution is -2.15. The minimum Gasteiger partial charge on any atom is -0.366 e. The van der Waals surface area contributed by atoms with Gasteiger partial charge in [0, 0.05) is 36.3 Å². The molecule has 2 aromatic carbocycles. The number of nitrogens with zero attached hydrogens (tertiary/aromatic N) is 3. The summed E-state index contributed by atoms with van der Waals surface area (Å²) in [6.07, 6.45) is 3.43. The van der Waals surface area contributed by atoms with Gasteiger partial charge in [0.15, 0.2) is 5.82 Å². The van der Waals surface area contributed by atoms with Crippen LogP contribution in [0, 0.1) is 5.82 Å². The van der Waals surface area contributed by atoms with E-state index in [0.717, 1.165) is 11.1 Å². The largest absolute Gasteiger partial charge is 0.366 e. The summed E-state index contributed by atoms with van der Waals surface area (Å²) in [6.45, 7) is 0.521. The molecular formula is C23H18FN5O. The van der Waals surface area contributed by atoms with Gasteiger partial charge in [0.25, 0.3) is 5.91 Å². The van der Waals surface area contributed by atoms with Crippen molar-refractivity contribution < 1.29 is 9.18 Å². The Morgan fingerprint density at radius 2 is 1.63 bits per heavy atom. The number of aromatic nitrogens is 3. The Morgan fingerprint density at radius 3 is 2.37 bits per heavy atom. The van der Waals surface area contributed by atoms with Crippen molar-refractivity contribution in [2.24, 2.45) is 0 Å². The highest BCUT2D eigenvalue weighted by molar-refractivity contribution is 6.03. The van der Waals surface area contributed by atoms with E-state index in [1.165, 1.54) is 24.3 Å². The van der Waals surface area contributed by atoms with Gasteiger partial charge in [-0.05, 0) is 42.0 Å². The Labute approximate surface area is 172 Å². The van der Waals surface area contributed by atoms with Crippen molar-refractivity contribution in [2.75, 3.05) is 10.6 Å². The number of carbonyl (C=O) groups is 1. The predicted molar refractivity (Wildman–Crippen MR) is 113 cm³/mol. The minimum absolute atomic E-state index is 0.199. The van der Waals surface area contributed by atoms with Gasteiger partial charge in [0.05, 0.1) is 0 Å². The molecule has 7 heteroatoms. The molecule has 6 nitrogen and oxygen atoms in total. The number of rotatable bonds is 6. The van der Waals surface area contributed by atoms with Crippen LogP contribution >= 0.6 is 0 Å². The van der Waals surface area contributed by atoms with Crippen LogP contribution in [0.4, 0.5) is 15.9 Å². The first-order valence-electron chi connectivity index (χ1n) is 9.31. The molecule has 0 aliphatic heterocycles. The van der Waals surface area contributed by atoms with Crippen molar-refractivity contribution in [1.29, 1.82) is 0 Å². The van der Waals surface area contributed by atoms with E-state index in [0.29, 0.717) is 23.9 Å². The maximum Gasteiger partial charge on any atom is 0.274 e. The Morgan fingerprint density at radius 1 is 0.900 bits per heavy atom. The standard InChI is InChI=1S/C23H18FN5O/c24-18-6-8-19(9-7-18)27-23(30)20-14-21(26-15-16-10-12-25-13-11-16)29-22(28-20)17-4-2-1-3-5-17/h1-14H,15H2,(H,27,30)(H,26,28,29). The first-order chi connectivity index (χ1) is 14.7. The van der Waals surface area contributed by atoms with E-state index in [-0.39, 0.29) is 11.5 Å². The highest BCUT2D eigenvalue weighted by Gasteiger charge is 2.14. The second kappa shape index (κ2) is 8.91. The van der Waals surface area contributed by atoms with E-state index < -0.39 is 5.91 Å². The maximum atomic E-state index is 13.1. The molecule has 2 heterocycles. The fraction of sp³-hybridized carbons (Fsp3) is 0.0435. The number of hydrogen-bond donors (Lipinski definition) is 2. The van der Waals surface area contributed by atoms with E-state index in [1.54, 1.807) is 18.5 Å². The third-order valence-corrected chi connectivity index (χ3v) is 4.32. The Hall–Kier alpha value is -4.13. The number of amides is 1. The van der Waals surface area contributed by atoms with Crippen LogP contribution in [0.25, 0.3) is 11.4 Å². The van der Waals surface area contributed by atoms with Crippen molar-refractivity contribution in [3.63, 3.8) is 0 Å². The minimum atomic E-state index is -0.409. The molecule has 2 aromatic heterocycles. The van der Waals surface area contributed by atoms with E-state index >= 15 is 0 Å². The first kappa shape index (κ1) is 19.2. The van der Waals surface area contributed by atoms with E-state index in [4.69, 9.17) is 0 Å². The topological polar surface area (TPSA) is 79.8 Å². The highest BCUT2D eigenvalue weighted by atomic mass is 19.1. The molecule has 0 unspecified atom stereocenters. The molecule has 4 aromatic rings. The van der Waals surface area contributed by atoms with Crippen molar-refractivity contribution in [1.82, 2.24) is 15.0 Å². The number of anilines is 2. The van der Waals surface area contributed by atoms with Crippen LogP contribution in [0.5, 0.6) is 0 Å². The highest BCUT2D eigenvalue weighted by Crippen LogP contribution is 2.19. The van der Waals surface area contributed by atoms with Gasteiger partial charge in [0.1, 0.15) is 17.3 Å². The summed E-state index contributed by atoms with van der Waals surface area (Å²) in [5.41, 5.74) is 2.50. The van der Waals surface area contributed by atoms with Gasteiger partial charge in [-0.1, -0.05) is 30.3 Å². The number of pyridine rings is 1. The molecule has 0 atom stereocenters. The average Bonchev–Trinajstić information content (AvgIpc) is 2.80. The quantitative estimate of drug-likeness (QED) is 0.498. The van der Waals surface area contributed by atoms with Crippen LogP contribution in [0.3, 0.4) is 0 Å². The van der Waals surface area contributed by atoms with Gasteiger partial charge in [-0.25, -0.2) is 14.4 Å². The lowest BCUT2D eigenvalue weighted by molar-refractivity contribution is 0.102. The summed E-state index contributed by atoms with van der Waals surface area (Å²) in [5, 5.41) is 5.96. The first-order valence-corrected chi connectivity index (χ1v) is 9.31. The van der Waals surface area contributed by atoms with Gasteiger partial charge >= 0.3 is 0 Å². The lowest BCUT2D eigenvalue weighted by Gasteiger charge is -2.11. The van der Waals surface area contributed by atoms with Crippen molar-refractivity contribution >= 4 is 17.4 Å². The summed E-state index contributed by atoms with van der Waals surface area (Å²) in [5.74, 6) is 0.168. The van der Waals surface area contributed by atoms with Crippen molar-refractivity contribution in [3.05, 3.63) is 102 Å². The number of nitrogens with one attached hydrogen (secondary N) is 2. The van der Waals surface area contributed by atoms with Gasteiger partial charge in [-0.3, -0.25) is 9.78 Å². The second-order valence-corrected chi connectivity index (χ2v) is 6.50. The molecular weight excluding hydrogens is 381 g/mol. The van der Waals surface area contributed by atoms with Gasteiger partial charge < -0.3 is 10.6 Å². The van der Waals surface area contributed by atoms with Crippen LogP contribution in [-0.4, -0.2) is 20.9 Å². The molecule has 0 saturated carbocycles. The molecule has 0 radical (unpaired) electrons. The van der Waals surface area contributed by atoms with Crippen molar-refractivity contribution in [2.45, 2.75) is 6.54 Å². The molecule has 4 rings (SSSR count). The van der Waals surface area contributed by atoms with E-state index in [2.05, 4.69) is 25.6 Å². The smallest absolute Gasteiger partial charge is 0.274 e. The Kier molecular flexibility index (Phi) is 5.70. The van der Waals surface area contributed by atoms with Crippen LogP contribution < -0.4 is 10.6 Å². The zero-order chi connectivity index (χ0) is 20.8. The molecule has 1 amide bonds. The normalized spacial score (nSPS) is 10.4. The molecule has 0 spiro atoms. The molecule has 2 N–H and O–H groups in total. The van der Waals surface area contributed by atoms with E-state index in [9.17, 15) is 9.18 Å². The third-order valence-electron chi connectivity index (χ3n) is 4.32. The maximum absolute atomic E-state index is 13.1. The number of hydrogen-bond acceptors (Lipinski definition) is 5. The molecule has 0 aliphatic rings. The zero-order valence-corrected chi connectivity index (χ0v) is 15.9. The van der Waals surface area contributed by atoms with E-state index in [1.807, 2.05) is 42.5 Å². The summed E-state index contributed by atoms with van der Waals surface area (Å²) in [4.78, 5) is 25.8. The molecule has 0 fully saturated rings. The van der Waals surface area contributed by atoms with Crippen LogP contribution in [-0.2, 0) is 6.54 Å². The Bertz CT molecular complexity index is 1140. The summed E-state index contributed by atoms with van der Waals surface area (Å²) >= 11 is 0. The second-order valence-electron chi connectivity index (χ2n) is 6.50. The molecule has 148 valence electrons. The number of benzene rings is 2. The van der Waals surface area contributed by atoms with Crippen LogP contribution in [0.2, 0.25) is 0 Å². The van der Waals surface area contributed by atoms with Crippen molar-refractivity contribution in [3.8, 4) is 11.4 Å². The molecule has 0 saturated heterocycles. The van der Waals surface area contributed by atoms with Crippen LogP contribution in [0.15, 0.2) is 85.2 Å². The number of halogens is 1. The van der Waals surface area contributed by atoms with Gasteiger partial charge in [-0.15, -0.1) is 0 Å². The summed E-state index contributed by atoms with van der Waals surface area (Å²) in [7, 11) is 0. The molecule has 30 heavy (non-hydrogen) atoms. The van der Waals surface area contributed by atoms with Gasteiger partial charge in [-0.2, -0.15) is 0 Å². The van der Waals surface area contributed by atoms with Crippen LogP contribution in [0.1, 0.15) is 16.1 Å². The predicted octanol–water partition coefficient (Wildman–Crippen LogP) is 4.54. The summed E-state index contributed by atoms with van der Waals surface area (Å²) in [6, 6.07) is 20.4. The Balaban J connectivity index is 1.62. The monoisotopic (exact) mass is 399 g/mol.